The number of esters is 3. The molecule has 0 fully saturated rings. The molecule has 2 aromatic carbocycles. The number of hydrogen-bond donors (Lipinski definition) is 2. The van der Waals surface area contributed by atoms with E-state index in [1.807, 2.05) is 6.92 Å². The molecule has 268 valence electrons. The Balaban J connectivity index is 1.52. The summed E-state index contributed by atoms with van der Waals surface area (Å²) in [6.07, 6.45) is 16.1. The lowest BCUT2D eigenvalue weighted by atomic mass is 9.93. The zero-order valence-corrected chi connectivity index (χ0v) is 29.4. The Bertz CT molecular complexity index is 1170. The quantitative estimate of drug-likeness (QED) is 0.0578. The van der Waals surface area contributed by atoms with Crippen molar-refractivity contribution in [1.82, 2.24) is 0 Å². The maximum absolute atomic E-state index is 12.6. The maximum Gasteiger partial charge on any atom is 0.343 e. The zero-order chi connectivity index (χ0) is 35.0. The Kier molecular flexibility index (Phi) is 20.2. The minimum atomic E-state index is -1.22. The number of benzene rings is 2. The number of carbonyl (C=O) groups excluding carboxylic acids is 3. The third-order valence-electron chi connectivity index (χ3n) is 8.39. The summed E-state index contributed by atoms with van der Waals surface area (Å²) >= 11 is 0. The van der Waals surface area contributed by atoms with Crippen molar-refractivity contribution in [1.29, 1.82) is 0 Å². The van der Waals surface area contributed by atoms with Gasteiger partial charge in [-0.1, -0.05) is 77.6 Å². The van der Waals surface area contributed by atoms with Crippen LogP contribution < -0.4 is 9.47 Å². The highest BCUT2D eigenvalue weighted by Gasteiger charge is 2.33. The van der Waals surface area contributed by atoms with Crippen molar-refractivity contribution in [2.75, 3.05) is 26.4 Å². The SMILES string of the molecule is CCCCCCC(C)OC(=O)c1ccc(OC(=O)c2ccc(OCCCCCCCCCCCCOC(=O)C(C)(CO)CO)cc2)cc1. The Hall–Kier alpha value is -3.43. The molecule has 0 spiro atoms. The van der Waals surface area contributed by atoms with Crippen molar-refractivity contribution >= 4 is 17.9 Å². The van der Waals surface area contributed by atoms with E-state index in [2.05, 4.69) is 6.92 Å². The summed E-state index contributed by atoms with van der Waals surface area (Å²) in [7, 11) is 0. The largest absolute Gasteiger partial charge is 0.494 e. The van der Waals surface area contributed by atoms with Gasteiger partial charge >= 0.3 is 17.9 Å². The topological polar surface area (TPSA) is 129 Å². The third kappa shape index (κ3) is 16.1. The molecule has 9 nitrogen and oxygen atoms in total. The fraction of sp³-hybridized carbons (Fsp3) is 0.615. The fourth-order valence-corrected chi connectivity index (χ4v) is 5.01. The first-order valence-corrected chi connectivity index (χ1v) is 17.9. The molecular weight excluding hydrogens is 612 g/mol. The van der Waals surface area contributed by atoms with Gasteiger partial charge in [0.25, 0.3) is 0 Å². The Labute approximate surface area is 287 Å². The first-order chi connectivity index (χ1) is 23.2. The highest BCUT2D eigenvalue weighted by molar-refractivity contribution is 5.92. The number of rotatable bonds is 26. The van der Waals surface area contributed by atoms with Crippen molar-refractivity contribution < 1.29 is 43.5 Å². The van der Waals surface area contributed by atoms with Crippen molar-refractivity contribution in [3.63, 3.8) is 0 Å². The molecule has 0 saturated heterocycles. The van der Waals surface area contributed by atoms with Crippen LogP contribution in [0.15, 0.2) is 48.5 Å². The van der Waals surface area contributed by atoms with Crippen LogP contribution in [0, 0.1) is 5.41 Å². The van der Waals surface area contributed by atoms with E-state index < -0.39 is 30.6 Å². The molecule has 2 N–H and O–H groups in total. The minimum absolute atomic E-state index is 0.137. The molecule has 1 atom stereocenters. The molecule has 0 aliphatic carbocycles. The lowest BCUT2D eigenvalue weighted by molar-refractivity contribution is -0.160. The van der Waals surface area contributed by atoms with Crippen molar-refractivity contribution in [2.24, 2.45) is 5.41 Å². The van der Waals surface area contributed by atoms with Crippen molar-refractivity contribution in [3.8, 4) is 11.5 Å². The molecule has 2 rings (SSSR count). The minimum Gasteiger partial charge on any atom is -0.494 e. The van der Waals surface area contributed by atoms with Gasteiger partial charge in [0, 0.05) is 0 Å². The standard InChI is InChI=1S/C39H58O9/c1-4-5-6-15-18-31(2)47-36(42)32-21-25-35(26-22-32)48-37(43)33-19-23-34(24-20-33)45-27-16-13-11-9-7-8-10-12-14-17-28-46-38(44)39(3,29-40)30-41/h19-26,31,40-41H,4-18,27-30H2,1-3H3. The summed E-state index contributed by atoms with van der Waals surface area (Å²) in [5, 5.41) is 18.4. The summed E-state index contributed by atoms with van der Waals surface area (Å²) in [5.41, 5.74) is -0.389. The third-order valence-corrected chi connectivity index (χ3v) is 8.39. The van der Waals surface area contributed by atoms with Crippen molar-refractivity contribution in [3.05, 3.63) is 59.7 Å². The van der Waals surface area contributed by atoms with Crippen LogP contribution in [0.4, 0.5) is 0 Å². The summed E-state index contributed by atoms with van der Waals surface area (Å²) in [5.74, 6) is -0.346. The summed E-state index contributed by atoms with van der Waals surface area (Å²) < 4.78 is 22.0. The van der Waals surface area contributed by atoms with Gasteiger partial charge in [0.1, 0.15) is 16.9 Å². The van der Waals surface area contributed by atoms with E-state index in [1.54, 1.807) is 48.5 Å². The Morgan fingerprint density at radius 3 is 1.67 bits per heavy atom. The molecule has 48 heavy (non-hydrogen) atoms. The van der Waals surface area contributed by atoms with E-state index in [-0.39, 0.29) is 12.1 Å². The molecule has 0 aliphatic rings. The van der Waals surface area contributed by atoms with Crippen molar-refractivity contribution in [2.45, 2.75) is 123 Å². The second-order valence-corrected chi connectivity index (χ2v) is 12.9. The van der Waals surface area contributed by atoms with Gasteiger partial charge in [0.2, 0.25) is 0 Å². The van der Waals surface area contributed by atoms with E-state index in [4.69, 9.17) is 18.9 Å². The molecule has 0 aliphatic heterocycles. The van der Waals surface area contributed by atoms with Gasteiger partial charge in [-0.15, -0.1) is 0 Å². The van der Waals surface area contributed by atoms with Gasteiger partial charge in [-0.05, 0) is 88.1 Å². The number of ether oxygens (including phenoxy) is 4. The van der Waals surface area contributed by atoms with E-state index in [0.717, 1.165) is 57.8 Å². The van der Waals surface area contributed by atoms with Crippen LogP contribution in [-0.2, 0) is 14.3 Å². The van der Waals surface area contributed by atoms with Crippen LogP contribution in [0.3, 0.4) is 0 Å². The zero-order valence-electron chi connectivity index (χ0n) is 29.4. The van der Waals surface area contributed by atoms with Gasteiger partial charge in [-0.25, -0.2) is 9.59 Å². The average Bonchev–Trinajstić information content (AvgIpc) is 3.10. The van der Waals surface area contributed by atoms with E-state index in [1.165, 1.54) is 45.4 Å². The fourth-order valence-electron chi connectivity index (χ4n) is 5.01. The second-order valence-electron chi connectivity index (χ2n) is 12.9. The van der Waals surface area contributed by atoms with Gasteiger partial charge in [-0.2, -0.15) is 0 Å². The average molecular weight is 671 g/mol. The van der Waals surface area contributed by atoms with Crippen LogP contribution >= 0.6 is 0 Å². The van der Waals surface area contributed by atoms with E-state index in [9.17, 15) is 24.6 Å². The summed E-state index contributed by atoms with van der Waals surface area (Å²) in [4.78, 5) is 36.9. The maximum atomic E-state index is 12.6. The molecule has 0 amide bonds. The molecular formula is C39H58O9. The molecule has 0 radical (unpaired) electrons. The summed E-state index contributed by atoms with van der Waals surface area (Å²) in [6, 6.07) is 13.3. The van der Waals surface area contributed by atoms with Crippen LogP contribution in [0.2, 0.25) is 0 Å². The predicted octanol–water partition coefficient (Wildman–Crippen LogP) is 8.24. The Morgan fingerprint density at radius 2 is 1.12 bits per heavy atom. The highest BCUT2D eigenvalue weighted by Crippen LogP contribution is 2.20. The monoisotopic (exact) mass is 670 g/mol. The van der Waals surface area contributed by atoms with Gasteiger partial charge in [0.15, 0.2) is 0 Å². The molecule has 1 unspecified atom stereocenters. The smallest absolute Gasteiger partial charge is 0.343 e. The highest BCUT2D eigenvalue weighted by atomic mass is 16.5. The van der Waals surface area contributed by atoms with Crippen LogP contribution in [0.1, 0.15) is 138 Å². The van der Waals surface area contributed by atoms with Crippen LogP contribution in [-0.4, -0.2) is 60.7 Å². The first-order valence-electron chi connectivity index (χ1n) is 17.9. The molecule has 0 bridgehead atoms. The number of aliphatic hydroxyl groups is 2. The first kappa shape index (κ1) is 40.7. The van der Waals surface area contributed by atoms with Crippen LogP contribution in [0.5, 0.6) is 11.5 Å². The number of aliphatic hydroxyl groups excluding tert-OH is 2. The predicted molar refractivity (Wildman–Crippen MR) is 186 cm³/mol. The van der Waals surface area contributed by atoms with Gasteiger partial charge in [-0.3, -0.25) is 4.79 Å². The normalized spacial score (nSPS) is 11.9. The second kappa shape index (κ2) is 23.8. The summed E-state index contributed by atoms with van der Waals surface area (Å²) in [6.45, 7) is 5.66. The molecule has 2 aromatic rings. The molecule has 0 heterocycles. The molecule has 0 saturated carbocycles. The van der Waals surface area contributed by atoms with Gasteiger partial charge < -0.3 is 29.2 Å². The van der Waals surface area contributed by atoms with Crippen LogP contribution in [0.25, 0.3) is 0 Å². The molecule has 0 aromatic heterocycles. The Morgan fingerprint density at radius 1 is 0.646 bits per heavy atom. The van der Waals surface area contributed by atoms with E-state index in [0.29, 0.717) is 35.8 Å². The lowest BCUT2D eigenvalue weighted by Crippen LogP contribution is -2.37. The number of carbonyl (C=O) groups is 3. The number of unbranched alkanes of at least 4 members (excludes halogenated alkanes) is 12. The number of hydrogen-bond acceptors (Lipinski definition) is 9. The van der Waals surface area contributed by atoms with E-state index >= 15 is 0 Å². The van der Waals surface area contributed by atoms with Gasteiger partial charge in [0.05, 0.1) is 43.7 Å². The molecule has 9 heteroatoms. The lowest BCUT2D eigenvalue weighted by Gasteiger charge is -2.22.